The molecule has 3 nitrogen and oxygen atoms in total. The van der Waals surface area contributed by atoms with E-state index >= 15 is 0 Å². The SMILES string of the molecule is CCc1ccc(N(C)C(=O)c2ccc(I)c(O)c2)cc1. The van der Waals surface area contributed by atoms with Crippen molar-refractivity contribution in [2.45, 2.75) is 13.3 Å². The Hall–Kier alpha value is -1.56. The molecular formula is C16H16INO2. The van der Waals surface area contributed by atoms with Gasteiger partial charge in [-0.15, -0.1) is 0 Å². The molecule has 2 rings (SSSR count). The third-order valence-corrected chi connectivity index (χ3v) is 4.14. The number of nitrogens with zero attached hydrogens (tertiary/aromatic N) is 1. The van der Waals surface area contributed by atoms with Crippen molar-refractivity contribution >= 4 is 34.2 Å². The van der Waals surface area contributed by atoms with Crippen LogP contribution in [0.5, 0.6) is 5.75 Å². The highest BCUT2D eigenvalue weighted by molar-refractivity contribution is 14.1. The van der Waals surface area contributed by atoms with E-state index in [-0.39, 0.29) is 11.7 Å². The fourth-order valence-electron chi connectivity index (χ4n) is 1.91. The topological polar surface area (TPSA) is 40.5 Å². The molecule has 0 saturated carbocycles. The number of hydrogen-bond acceptors (Lipinski definition) is 2. The second-order valence-corrected chi connectivity index (χ2v) is 5.71. The third-order valence-electron chi connectivity index (χ3n) is 3.23. The molecule has 0 radical (unpaired) electrons. The van der Waals surface area contributed by atoms with Crippen molar-refractivity contribution in [3.63, 3.8) is 0 Å². The largest absolute Gasteiger partial charge is 0.507 e. The Bertz CT molecular complexity index is 623. The van der Waals surface area contributed by atoms with Gasteiger partial charge in [-0.05, 0) is 64.9 Å². The van der Waals surface area contributed by atoms with E-state index < -0.39 is 0 Å². The molecule has 1 N–H and O–H groups in total. The minimum atomic E-state index is -0.138. The number of benzene rings is 2. The van der Waals surface area contributed by atoms with Crippen LogP contribution in [0.2, 0.25) is 0 Å². The van der Waals surface area contributed by atoms with Gasteiger partial charge in [-0.25, -0.2) is 0 Å². The lowest BCUT2D eigenvalue weighted by Crippen LogP contribution is -2.26. The average Bonchev–Trinajstić information content (AvgIpc) is 2.48. The van der Waals surface area contributed by atoms with Crippen LogP contribution in [0, 0.1) is 3.57 Å². The molecule has 0 spiro atoms. The number of aromatic hydroxyl groups is 1. The molecular weight excluding hydrogens is 365 g/mol. The number of anilines is 1. The summed E-state index contributed by atoms with van der Waals surface area (Å²) in [6.45, 7) is 2.10. The summed E-state index contributed by atoms with van der Waals surface area (Å²) in [5.41, 5.74) is 2.55. The highest BCUT2D eigenvalue weighted by atomic mass is 127. The van der Waals surface area contributed by atoms with E-state index in [2.05, 4.69) is 6.92 Å². The molecule has 1 amide bonds. The van der Waals surface area contributed by atoms with Crippen molar-refractivity contribution < 1.29 is 9.90 Å². The van der Waals surface area contributed by atoms with E-state index in [0.717, 1.165) is 15.7 Å². The van der Waals surface area contributed by atoms with Gasteiger partial charge in [0, 0.05) is 18.3 Å². The zero-order valence-corrected chi connectivity index (χ0v) is 13.6. The lowest BCUT2D eigenvalue weighted by atomic mass is 10.1. The Morgan fingerprint density at radius 1 is 1.20 bits per heavy atom. The zero-order valence-electron chi connectivity index (χ0n) is 11.4. The molecule has 20 heavy (non-hydrogen) atoms. The number of amides is 1. The first kappa shape index (κ1) is 14.8. The normalized spacial score (nSPS) is 10.3. The number of phenols is 1. The van der Waals surface area contributed by atoms with Crippen LogP contribution in [-0.4, -0.2) is 18.1 Å². The number of rotatable bonds is 3. The number of hydrogen-bond donors (Lipinski definition) is 1. The van der Waals surface area contributed by atoms with Gasteiger partial charge in [0.15, 0.2) is 0 Å². The fourth-order valence-corrected chi connectivity index (χ4v) is 2.25. The lowest BCUT2D eigenvalue weighted by Gasteiger charge is -2.18. The van der Waals surface area contributed by atoms with E-state index in [1.165, 1.54) is 11.6 Å². The molecule has 104 valence electrons. The molecule has 0 fully saturated rings. The van der Waals surface area contributed by atoms with Crippen LogP contribution in [0.3, 0.4) is 0 Å². The summed E-state index contributed by atoms with van der Waals surface area (Å²) in [5, 5.41) is 9.69. The molecule has 0 atom stereocenters. The van der Waals surface area contributed by atoms with Crippen molar-refractivity contribution in [2.75, 3.05) is 11.9 Å². The Morgan fingerprint density at radius 2 is 1.85 bits per heavy atom. The zero-order chi connectivity index (χ0) is 14.7. The summed E-state index contributed by atoms with van der Waals surface area (Å²) in [7, 11) is 1.73. The van der Waals surface area contributed by atoms with Gasteiger partial charge < -0.3 is 10.0 Å². The summed E-state index contributed by atoms with van der Waals surface area (Å²) in [5.74, 6) is -0.00729. The predicted molar refractivity (Wildman–Crippen MR) is 89.4 cm³/mol. The number of carbonyl (C=O) groups excluding carboxylic acids is 1. The Morgan fingerprint density at radius 3 is 2.40 bits per heavy atom. The Balaban J connectivity index is 2.24. The lowest BCUT2D eigenvalue weighted by molar-refractivity contribution is 0.0992. The molecule has 0 aliphatic rings. The molecule has 0 heterocycles. The van der Waals surface area contributed by atoms with Crippen LogP contribution < -0.4 is 4.90 Å². The van der Waals surface area contributed by atoms with Gasteiger partial charge in [0.2, 0.25) is 0 Å². The fraction of sp³-hybridized carbons (Fsp3) is 0.188. The van der Waals surface area contributed by atoms with Gasteiger partial charge >= 0.3 is 0 Å². The van der Waals surface area contributed by atoms with Gasteiger partial charge in [0.1, 0.15) is 5.75 Å². The minimum Gasteiger partial charge on any atom is -0.507 e. The first-order valence-electron chi connectivity index (χ1n) is 6.38. The van der Waals surface area contributed by atoms with Crippen molar-refractivity contribution in [3.05, 3.63) is 57.2 Å². The highest BCUT2D eigenvalue weighted by Crippen LogP contribution is 2.23. The molecule has 0 saturated heterocycles. The summed E-state index contributed by atoms with van der Waals surface area (Å²) in [4.78, 5) is 14.0. The summed E-state index contributed by atoms with van der Waals surface area (Å²) in [6, 6.07) is 12.9. The van der Waals surface area contributed by atoms with Gasteiger partial charge in [-0.2, -0.15) is 0 Å². The maximum Gasteiger partial charge on any atom is 0.258 e. The van der Waals surface area contributed by atoms with Crippen molar-refractivity contribution in [1.29, 1.82) is 0 Å². The molecule has 2 aromatic rings. The van der Waals surface area contributed by atoms with Crippen LogP contribution in [0.15, 0.2) is 42.5 Å². The van der Waals surface area contributed by atoms with Gasteiger partial charge in [-0.3, -0.25) is 4.79 Å². The average molecular weight is 381 g/mol. The van der Waals surface area contributed by atoms with E-state index in [1.54, 1.807) is 24.1 Å². The van der Waals surface area contributed by atoms with E-state index in [9.17, 15) is 9.90 Å². The number of phenolic OH excluding ortho intramolecular Hbond substituents is 1. The number of aryl methyl sites for hydroxylation is 1. The van der Waals surface area contributed by atoms with Crippen LogP contribution in [-0.2, 0) is 6.42 Å². The van der Waals surface area contributed by atoms with Gasteiger partial charge in [0.25, 0.3) is 5.91 Å². The number of carbonyl (C=O) groups is 1. The first-order chi connectivity index (χ1) is 9.52. The minimum absolute atomic E-state index is 0.131. The number of halogens is 1. The summed E-state index contributed by atoms with van der Waals surface area (Å²) >= 11 is 2.03. The van der Waals surface area contributed by atoms with Crippen LogP contribution in [0.4, 0.5) is 5.69 Å². The second-order valence-electron chi connectivity index (χ2n) is 4.55. The third kappa shape index (κ3) is 3.12. The maximum absolute atomic E-state index is 12.4. The maximum atomic E-state index is 12.4. The van der Waals surface area contributed by atoms with Crippen LogP contribution in [0.1, 0.15) is 22.8 Å². The molecule has 0 aliphatic carbocycles. The van der Waals surface area contributed by atoms with Crippen molar-refractivity contribution in [3.8, 4) is 5.75 Å². The van der Waals surface area contributed by atoms with E-state index in [0.29, 0.717) is 5.56 Å². The Kier molecular flexibility index (Phi) is 4.65. The predicted octanol–water partition coefficient (Wildman–Crippen LogP) is 3.84. The smallest absolute Gasteiger partial charge is 0.258 e. The van der Waals surface area contributed by atoms with Crippen molar-refractivity contribution in [1.82, 2.24) is 0 Å². The molecule has 0 aliphatic heterocycles. The van der Waals surface area contributed by atoms with Gasteiger partial charge in [0.05, 0.1) is 3.57 Å². The van der Waals surface area contributed by atoms with Crippen LogP contribution >= 0.6 is 22.6 Å². The molecule has 0 unspecified atom stereocenters. The monoisotopic (exact) mass is 381 g/mol. The molecule has 4 heteroatoms. The quantitative estimate of drug-likeness (QED) is 0.821. The van der Waals surface area contributed by atoms with Crippen molar-refractivity contribution in [2.24, 2.45) is 0 Å². The molecule has 2 aromatic carbocycles. The molecule has 0 bridgehead atoms. The van der Waals surface area contributed by atoms with Crippen LogP contribution in [0.25, 0.3) is 0 Å². The highest BCUT2D eigenvalue weighted by Gasteiger charge is 2.14. The van der Waals surface area contributed by atoms with Gasteiger partial charge in [-0.1, -0.05) is 19.1 Å². The summed E-state index contributed by atoms with van der Waals surface area (Å²) < 4.78 is 0.731. The molecule has 0 aromatic heterocycles. The second kappa shape index (κ2) is 6.26. The standard InChI is InChI=1S/C16H16INO2/c1-3-11-4-7-13(8-5-11)18(2)16(20)12-6-9-14(17)15(19)10-12/h4-10,19H,3H2,1-2H3. The Labute approximate surface area is 132 Å². The van der Waals surface area contributed by atoms with E-state index in [1.807, 2.05) is 46.9 Å². The summed E-state index contributed by atoms with van der Waals surface area (Å²) in [6.07, 6.45) is 0.975. The first-order valence-corrected chi connectivity index (χ1v) is 7.46. The van der Waals surface area contributed by atoms with E-state index in [4.69, 9.17) is 0 Å².